The zero-order valence-electron chi connectivity index (χ0n) is 7.77. The van der Waals surface area contributed by atoms with Crippen LogP contribution in [0.4, 0.5) is 0 Å². The first-order chi connectivity index (χ1) is 7.07. The maximum absolute atomic E-state index is 11.9. The van der Waals surface area contributed by atoms with Crippen molar-refractivity contribution in [3.8, 4) is 0 Å². The molecule has 0 unspecified atom stereocenters. The molecular formula is C10H9ClO3S. The average Bonchev–Trinajstić information content (AvgIpc) is 2.40. The number of sulfone groups is 1. The topological polar surface area (TPSA) is 54.4 Å². The summed E-state index contributed by atoms with van der Waals surface area (Å²) in [6, 6.07) is 4.95. The largest absolute Gasteiger partial charge is 0.396 e. The molecule has 1 N–H and O–H groups in total. The Morgan fingerprint density at radius 3 is 2.67 bits per heavy atom. The fourth-order valence-corrected chi connectivity index (χ4v) is 3.77. The number of rotatable bonds is 2. The summed E-state index contributed by atoms with van der Waals surface area (Å²) >= 11 is 5.84. The smallest absolute Gasteiger partial charge is 0.204 e. The molecule has 0 aromatic heterocycles. The van der Waals surface area contributed by atoms with Crippen molar-refractivity contribution in [2.75, 3.05) is 6.61 Å². The summed E-state index contributed by atoms with van der Waals surface area (Å²) in [4.78, 5) is 0.392. The minimum absolute atomic E-state index is 0.132. The number of hydrogen-bond donors (Lipinski definition) is 1. The van der Waals surface area contributed by atoms with E-state index < -0.39 is 9.84 Å². The van der Waals surface area contributed by atoms with Crippen molar-refractivity contribution in [3.05, 3.63) is 33.7 Å². The third kappa shape index (κ3) is 1.58. The third-order valence-corrected chi connectivity index (χ3v) is 4.72. The molecule has 2 rings (SSSR count). The molecule has 0 atom stereocenters. The summed E-state index contributed by atoms with van der Waals surface area (Å²) in [7, 11) is -3.47. The van der Waals surface area contributed by atoms with Crippen molar-refractivity contribution in [1.29, 1.82) is 0 Å². The molecule has 15 heavy (non-hydrogen) atoms. The number of fused-ring (bicyclic) bond motifs is 1. The van der Waals surface area contributed by atoms with Crippen LogP contribution in [0.25, 0.3) is 6.08 Å². The van der Waals surface area contributed by atoms with Crippen LogP contribution >= 0.6 is 11.6 Å². The van der Waals surface area contributed by atoms with Crippen LogP contribution in [0.2, 0.25) is 5.02 Å². The van der Waals surface area contributed by atoms with Crippen LogP contribution in [0.3, 0.4) is 0 Å². The van der Waals surface area contributed by atoms with Gasteiger partial charge in [0.15, 0.2) is 0 Å². The van der Waals surface area contributed by atoms with Gasteiger partial charge in [0.1, 0.15) is 0 Å². The van der Waals surface area contributed by atoms with Gasteiger partial charge in [-0.2, -0.15) is 0 Å². The Bertz CT molecular complexity index is 532. The number of aliphatic hydroxyl groups is 1. The van der Waals surface area contributed by atoms with Gasteiger partial charge in [-0.15, -0.1) is 0 Å². The third-order valence-electron chi connectivity index (χ3n) is 2.29. The normalized spacial score (nSPS) is 17.3. The van der Waals surface area contributed by atoms with E-state index in [1.165, 1.54) is 0 Å². The van der Waals surface area contributed by atoms with E-state index in [9.17, 15) is 8.42 Å². The summed E-state index contributed by atoms with van der Waals surface area (Å²) in [5.74, 6) is 0. The quantitative estimate of drug-likeness (QED) is 0.864. The van der Waals surface area contributed by atoms with Crippen molar-refractivity contribution in [2.24, 2.45) is 0 Å². The minimum atomic E-state index is -3.47. The van der Waals surface area contributed by atoms with Crippen LogP contribution in [-0.4, -0.2) is 20.1 Å². The van der Waals surface area contributed by atoms with Gasteiger partial charge in [0.25, 0.3) is 0 Å². The maximum atomic E-state index is 11.9. The zero-order valence-corrected chi connectivity index (χ0v) is 9.35. The number of aliphatic hydroxyl groups excluding tert-OH is 1. The van der Waals surface area contributed by atoms with Gasteiger partial charge in [-0.25, -0.2) is 8.42 Å². The highest BCUT2D eigenvalue weighted by molar-refractivity contribution is 7.96. The molecule has 1 heterocycles. The average molecular weight is 245 g/mol. The van der Waals surface area contributed by atoms with Crippen LogP contribution in [0.1, 0.15) is 12.0 Å². The van der Waals surface area contributed by atoms with Crippen molar-refractivity contribution in [3.63, 3.8) is 0 Å². The number of halogens is 1. The van der Waals surface area contributed by atoms with Gasteiger partial charge in [0.2, 0.25) is 9.84 Å². The molecule has 0 saturated heterocycles. The van der Waals surface area contributed by atoms with Crippen LogP contribution < -0.4 is 0 Å². The SMILES string of the molecule is O=S1(=O)C(CCO)=Cc2cccc(Cl)c21. The molecule has 1 aliphatic rings. The van der Waals surface area contributed by atoms with E-state index in [0.29, 0.717) is 5.56 Å². The molecule has 0 aliphatic carbocycles. The van der Waals surface area contributed by atoms with E-state index in [1.807, 2.05) is 0 Å². The molecule has 0 saturated carbocycles. The van der Waals surface area contributed by atoms with Gasteiger partial charge in [0, 0.05) is 13.0 Å². The van der Waals surface area contributed by atoms with Gasteiger partial charge in [0.05, 0.1) is 14.8 Å². The molecule has 3 nitrogen and oxygen atoms in total. The van der Waals surface area contributed by atoms with Crippen LogP contribution in [0.15, 0.2) is 28.0 Å². The summed E-state index contributed by atoms with van der Waals surface area (Å²) in [5, 5.41) is 9.00. The van der Waals surface area contributed by atoms with E-state index in [0.717, 1.165) is 0 Å². The minimum Gasteiger partial charge on any atom is -0.396 e. The lowest BCUT2D eigenvalue weighted by Gasteiger charge is -2.03. The molecule has 80 valence electrons. The lowest BCUT2D eigenvalue weighted by molar-refractivity contribution is 0.301. The van der Waals surface area contributed by atoms with Crippen LogP contribution in [-0.2, 0) is 9.84 Å². The summed E-state index contributed by atoms with van der Waals surface area (Å²) in [5.41, 5.74) is 0.603. The van der Waals surface area contributed by atoms with Gasteiger partial charge >= 0.3 is 0 Å². The summed E-state index contributed by atoms with van der Waals surface area (Å²) in [6.45, 7) is -0.184. The Hall–Kier alpha value is -0.840. The standard InChI is InChI=1S/C10H9ClO3S/c11-9-3-1-2-7-6-8(4-5-12)15(13,14)10(7)9/h1-3,6,12H,4-5H2. The number of benzene rings is 1. The fraction of sp³-hybridized carbons (Fsp3) is 0.200. The van der Waals surface area contributed by atoms with Gasteiger partial charge in [-0.3, -0.25) is 0 Å². The number of hydrogen-bond acceptors (Lipinski definition) is 3. The fourth-order valence-electron chi connectivity index (χ4n) is 1.62. The maximum Gasteiger partial charge on any atom is 0.204 e. The molecular weight excluding hydrogens is 236 g/mol. The van der Waals surface area contributed by atoms with Crippen LogP contribution in [0.5, 0.6) is 0 Å². The first-order valence-corrected chi connectivity index (χ1v) is 6.28. The second-order valence-electron chi connectivity index (χ2n) is 3.25. The Kier molecular flexibility index (Phi) is 2.58. The summed E-state index contributed by atoms with van der Waals surface area (Å²) in [6.07, 6.45) is 1.69. The Balaban J connectivity index is 2.64. The highest BCUT2D eigenvalue weighted by Gasteiger charge is 2.30. The molecule has 1 aliphatic heterocycles. The first-order valence-electron chi connectivity index (χ1n) is 4.42. The second-order valence-corrected chi connectivity index (χ2v) is 5.59. The van der Waals surface area contributed by atoms with E-state index in [1.54, 1.807) is 24.3 Å². The predicted octanol–water partition coefficient (Wildman–Crippen LogP) is 1.85. The lowest BCUT2D eigenvalue weighted by atomic mass is 10.2. The van der Waals surface area contributed by atoms with Crippen molar-refractivity contribution >= 4 is 27.5 Å². The monoisotopic (exact) mass is 244 g/mol. The molecule has 1 aromatic carbocycles. The van der Waals surface area contributed by atoms with E-state index in [-0.39, 0.29) is 27.9 Å². The Morgan fingerprint density at radius 1 is 1.33 bits per heavy atom. The Labute approximate surface area is 92.9 Å². The van der Waals surface area contributed by atoms with Crippen molar-refractivity contribution < 1.29 is 13.5 Å². The molecule has 0 fully saturated rings. The second kappa shape index (κ2) is 3.63. The molecule has 0 bridgehead atoms. The molecule has 0 amide bonds. The van der Waals surface area contributed by atoms with Gasteiger partial charge < -0.3 is 5.11 Å². The van der Waals surface area contributed by atoms with E-state index in [2.05, 4.69) is 0 Å². The van der Waals surface area contributed by atoms with Gasteiger partial charge in [-0.1, -0.05) is 23.7 Å². The molecule has 1 aromatic rings. The van der Waals surface area contributed by atoms with Crippen LogP contribution in [0, 0.1) is 0 Å². The van der Waals surface area contributed by atoms with Crippen molar-refractivity contribution in [2.45, 2.75) is 11.3 Å². The van der Waals surface area contributed by atoms with Gasteiger partial charge in [-0.05, 0) is 17.7 Å². The Morgan fingerprint density at radius 2 is 2.07 bits per heavy atom. The molecule has 5 heteroatoms. The summed E-state index contributed by atoms with van der Waals surface area (Å²) < 4.78 is 23.9. The zero-order chi connectivity index (χ0) is 11.1. The molecule has 0 radical (unpaired) electrons. The predicted molar refractivity (Wildman–Crippen MR) is 58.3 cm³/mol. The van der Waals surface area contributed by atoms with E-state index in [4.69, 9.17) is 16.7 Å². The lowest BCUT2D eigenvalue weighted by Crippen LogP contribution is -2.02. The highest BCUT2D eigenvalue weighted by atomic mass is 35.5. The molecule has 0 spiro atoms. The first kappa shape index (κ1) is 10.7. The highest BCUT2D eigenvalue weighted by Crippen LogP contribution is 2.38. The van der Waals surface area contributed by atoms with E-state index >= 15 is 0 Å². The van der Waals surface area contributed by atoms with Crippen molar-refractivity contribution in [1.82, 2.24) is 0 Å².